The maximum Gasteiger partial charge on any atom is 0.307 e. The molecule has 25 heavy (non-hydrogen) atoms. The third-order valence-electron chi connectivity index (χ3n) is 3.95. The predicted molar refractivity (Wildman–Crippen MR) is 99.6 cm³/mol. The second-order valence-electron chi connectivity index (χ2n) is 5.95. The molecule has 1 amide bonds. The van der Waals surface area contributed by atoms with Crippen molar-refractivity contribution >= 4 is 22.9 Å². The van der Waals surface area contributed by atoms with Crippen molar-refractivity contribution in [1.29, 1.82) is 0 Å². The summed E-state index contributed by atoms with van der Waals surface area (Å²) in [6, 6.07) is 9.55. The zero-order valence-electron chi connectivity index (χ0n) is 14.4. The van der Waals surface area contributed by atoms with Gasteiger partial charge < -0.3 is 9.88 Å². The molecule has 0 atom stereocenters. The van der Waals surface area contributed by atoms with Crippen molar-refractivity contribution in [2.45, 2.75) is 33.7 Å². The Morgan fingerprint density at radius 3 is 2.60 bits per heavy atom. The number of carbonyl (C=O) groups excluding carboxylic acids is 1. The Balaban J connectivity index is 1.76. The lowest BCUT2D eigenvalue weighted by Crippen LogP contribution is -2.20. The normalized spacial score (nSPS) is 10.8. The summed E-state index contributed by atoms with van der Waals surface area (Å²) in [5.41, 5.74) is 4.33. The van der Waals surface area contributed by atoms with E-state index in [0.29, 0.717) is 12.2 Å². The lowest BCUT2D eigenvalue weighted by Gasteiger charge is -2.12. The summed E-state index contributed by atoms with van der Waals surface area (Å²) in [5, 5.41) is 9.22. The number of aryl methyl sites for hydroxylation is 3. The maximum atomic E-state index is 12.4. The Labute approximate surface area is 149 Å². The summed E-state index contributed by atoms with van der Waals surface area (Å²) in [4.78, 5) is 24.0. The summed E-state index contributed by atoms with van der Waals surface area (Å²) in [6.07, 6.45) is 0.239. The van der Waals surface area contributed by atoms with Gasteiger partial charge in [0.25, 0.3) is 0 Å². The molecule has 7 heteroatoms. The molecule has 0 saturated heterocycles. The lowest BCUT2D eigenvalue weighted by atomic mass is 10.2. The minimum Gasteiger partial charge on any atom is -0.324 e. The molecule has 6 nitrogen and oxygen atoms in total. The van der Waals surface area contributed by atoms with Crippen molar-refractivity contribution in [3.63, 3.8) is 0 Å². The summed E-state index contributed by atoms with van der Waals surface area (Å²) < 4.78 is 3.44. The molecule has 1 N–H and O–H groups in total. The van der Waals surface area contributed by atoms with Gasteiger partial charge in [-0.2, -0.15) is 5.10 Å². The molecule has 0 unspecified atom stereocenters. The fourth-order valence-corrected chi connectivity index (χ4v) is 3.50. The largest absolute Gasteiger partial charge is 0.324 e. The lowest BCUT2D eigenvalue weighted by molar-refractivity contribution is -0.116. The molecular formula is C18H20N4O2S. The molecule has 0 aliphatic heterocycles. The highest BCUT2D eigenvalue weighted by Gasteiger charge is 2.12. The number of nitrogens with zero attached hydrogens (tertiary/aromatic N) is 3. The Morgan fingerprint density at radius 2 is 1.96 bits per heavy atom. The van der Waals surface area contributed by atoms with Crippen LogP contribution in [0, 0.1) is 20.8 Å². The molecule has 0 saturated carbocycles. The molecule has 0 radical (unpaired) electrons. The van der Waals surface area contributed by atoms with Crippen LogP contribution < -0.4 is 10.2 Å². The smallest absolute Gasteiger partial charge is 0.307 e. The van der Waals surface area contributed by atoms with E-state index >= 15 is 0 Å². The number of aromatic nitrogens is 3. The average Bonchev–Trinajstić information content (AvgIpc) is 3.07. The van der Waals surface area contributed by atoms with Crippen LogP contribution >= 0.6 is 11.3 Å². The number of thiazole rings is 1. The number of anilines is 1. The minimum absolute atomic E-state index is 0.0339. The van der Waals surface area contributed by atoms with Gasteiger partial charge >= 0.3 is 4.87 Å². The van der Waals surface area contributed by atoms with Gasteiger partial charge in [-0.05, 0) is 39.0 Å². The highest BCUT2D eigenvalue weighted by atomic mass is 32.1. The van der Waals surface area contributed by atoms with E-state index < -0.39 is 0 Å². The number of hydrogen-bond donors (Lipinski definition) is 1. The second-order valence-corrected chi connectivity index (χ2v) is 6.77. The van der Waals surface area contributed by atoms with Crippen LogP contribution in [0.4, 0.5) is 5.69 Å². The second kappa shape index (κ2) is 7.06. The van der Waals surface area contributed by atoms with Gasteiger partial charge in [0.15, 0.2) is 0 Å². The van der Waals surface area contributed by atoms with Gasteiger partial charge in [-0.25, -0.2) is 4.68 Å². The van der Waals surface area contributed by atoms with Gasteiger partial charge in [-0.1, -0.05) is 23.5 Å². The first-order valence-electron chi connectivity index (χ1n) is 8.03. The number of benzene rings is 1. The van der Waals surface area contributed by atoms with Crippen LogP contribution in [0.5, 0.6) is 0 Å². The van der Waals surface area contributed by atoms with E-state index in [1.54, 1.807) is 9.95 Å². The molecule has 2 aromatic heterocycles. The first-order chi connectivity index (χ1) is 12.0. The molecule has 0 bridgehead atoms. The molecule has 3 rings (SSSR count). The molecule has 0 aliphatic rings. The molecule has 0 aliphatic carbocycles. The van der Waals surface area contributed by atoms with Gasteiger partial charge in [0.1, 0.15) is 0 Å². The fourth-order valence-electron chi connectivity index (χ4n) is 2.74. The minimum atomic E-state index is -0.133. The Hall–Kier alpha value is -2.67. The monoisotopic (exact) mass is 356 g/mol. The first kappa shape index (κ1) is 17.2. The van der Waals surface area contributed by atoms with Crippen molar-refractivity contribution in [2.75, 3.05) is 5.32 Å². The van der Waals surface area contributed by atoms with Crippen LogP contribution in [0.1, 0.15) is 23.5 Å². The van der Waals surface area contributed by atoms with Crippen LogP contribution in [0.2, 0.25) is 0 Å². The summed E-state index contributed by atoms with van der Waals surface area (Å²) >= 11 is 1.15. The average molecular weight is 356 g/mol. The Bertz CT molecular complexity index is 968. The highest BCUT2D eigenvalue weighted by Crippen LogP contribution is 2.21. The number of rotatable bonds is 5. The molecular weight excluding hydrogens is 336 g/mol. The van der Waals surface area contributed by atoms with Crippen LogP contribution in [-0.2, 0) is 11.3 Å². The van der Waals surface area contributed by atoms with Gasteiger partial charge in [0, 0.05) is 29.7 Å². The van der Waals surface area contributed by atoms with E-state index in [2.05, 4.69) is 10.4 Å². The van der Waals surface area contributed by atoms with Gasteiger partial charge in [-0.15, -0.1) is 0 Å². The molecule has 0 fully saturated rings. The van der Waals surface area contributed by atoms with Gasteiger partial charge in [0.05, 0.1) is 17.1 Å². The standard InChI is InChI=1S/C18H20N4O2S/c1-12-10-13(2)22(20-12)16-7-5-4-6-15(16)19-17(23)8-9-21-14(3)11-25-18(21)24/h4-7,10-11H,8-9H2,1-3H3,(H,19,23). The fraction of sp³-hybridized carbons (Fsp3) is 0.278. The van der Waals surface area contributed by atoms with E-state index in [9.17, 15) is 9.59 Å². The van der Waals surface area contributed by atoms with Crippen molar-refractivity contribution in [2.24, 2.45) is 0 Å². The quantitative estimate of drug-likeness (QED) is 0.764. The summed E-state index contributed by atoms with van der Waals surface area (Å²) in [7, 11) is 0. The van der Waals surface area contributed by atoms with Crippen LogP contribution in [0.25, 0.3) is 5.69 Å². The van der Waals surface area contributed by atoms with E-state index in [-0.39, 0.29) is 17.2 Å². The van der Waals surface area contributed by atoms with Crippen LogP contribution in [-0.4, -0.2) is 20.3 Å². The molecule has 3 aromatic rings. The number of carbonyl (C=O) groups is 1. The van der Waals surface area contributed by atoms with E-state index in [1.165, 1.54) is 0 Å². The van der Waals surface area contributed by atoms with E-state index in [4.69, 9.17) is 0 Å². The first-order valence-corrected chi connectivity index (χ1v) is 8.91. The van der Waals surface area contributed by atoms with Crippen LogP contribution in [0.3, 0.4) is 0 Å². The molecule has 2 heterocycles. The SMILES string of the molecule is Cc1cc(C)n(-c2ccccc2NC(=O)CCn2c(C)csc2=O)n1. The third-order valence-corrected chi connectivity index (χ3v) is 4.84. The van der Waals surface area contributed by atoms with Gasteiger partial charge in [-0.3, -0.25) is 9.59 Å². The maximum absolute atomic E-state index is 12.4. The van der Waals surface area contributed by atoms with Gasteiger partial charge in [0.2, 0.25) is 5.91 Å². The number of para-hydroxylation sites is 2. The van der Waals surface area contributed by atoms with Crippen molar-refractivity contribution in [1.82, 2.24) is 14.3 Å². The molecule has 1 aromatic carbocycles. The summed E-state index contributed by atoms with van der Waals surface area (Å²) in [5.74, 6) is -0.133. The number of amides is 1. The molecule has 0 spiro atoms. The van der Waals surface area contributed by atoms with Crippen molar-refractivity contribution < 1.29 is 4.79 Å². The number of hydrogen-bond acceptors (Lipinski definition) is 4. The Morgan fingerprint density at radius 1 is 1.20 bits per heavy atom. The molecule has 130 valence electrons. The zero-order chi connectivity index (χ0) is 18.0. The van der Waals surface area contributed by atoms with E-state index in [0.717, 1.165) is 34.1 Å². The van der Waals surface area contributed by atoms with Crippen molar-refractivity contribution in [3.05, 3.63) is 62.5 Å². The predicted octanol–water partition coefficient (Wildman–Crippen LogP) is 3.05. The van der Waals surface area contributed by atoms with Crippen LogP contribution in [0.15, 0.2) is 40.5 Å². The topological polar surface area (TPSA) is 68.9 Å². The van der Waals surface area contributed by atoms with E-state index in [1.807, 2.05) is 55.8 Å². The van der Waals surface area contributed by atoms with Crippen molar-refractivity contribution in [3.8, 4) is 5.69 Å². The Kier molecular flexibility index (Phi) is 4.85. The summed E-state index contributed by atoms with van der Waals surface area (Å²) in [6.45, 7) is 6.16. The highest BCUT2D eigenvalue weighted by molar-refractivity contribution is 7.07. The third kappa shape index (κ3) is 3.71. The zero-order valence-corrected chi connectivity index (χ0v) is 15.3. The number of nitrogens with one attached hydrogen (secondary N) is 1.